The summed E-state index contributed by atoms with van der Waals surface area (Å²) in [6.07, 6.45) is -0.414. The third-order valence-electron chi connectivity index (χ3n) is 7.68. The molecule has 4 aliphatic rings. The highest BCUT2D eigenvalue weighted by Crippen LogP contribution is 2.65. The van der Waals surface area contributed by atoms with E-state index in [4.69, 9.17) is 28.4 Å². The fourth-order valence-electron chi connectivity index (χ4n) is 6.22. The molecule has 190 valence electrons. The molecule has 0 aromatic heterocycles. The Morgan fingerprint density at radius 2 is 1.75 bits per heavy atom. The largest absolute Gasteiger partial charge is 0.489 e. The standard InChI is InChI=1S/C28H30O8/c1-16(29)32-15-28-22-20(13-21-24(22)35-27(2,3)34-21)23(25(28)36-28)33-26(30)18-9-11-19(12-10-18)31-14-17-7-5-4-6-8-17/h4-12,20-25H,13-15H2,1-3H3/t20-,21-,22-,23+,24-,25+,28-/m1/s1. The molecule has 2 heterocycles. The normalized spacial score (nSPS) is 34.9. The van der Waals surface area contributed by atoms with E-state index in [0.29, 0.717) is 24.3 Å². The van der Waals surface area contributed by atoms with Gasteiger partial charge in [-0.05, 0) is 50.1 Å². The number of carbonyl (C=O) groups excluding carboxylic acids is 2. The van der Waals surface area contributed by atoms with Crippen molar-refractivity contribution < 1.29 is 38.0 Å². The number of ether oxygens (including phenoxy) is 6. The van der Waals surface area contributed by atoms with Gasteiger partial charge < -0.3 is 28.4 Å². The fraction of sp³-hybridized carbons (Fsp3) is 0.500. The van der Waals surface area contributed by atoms with Crippen LogP contribution in [0.4, 0.5) is 0 Å². The zero-order valence-corrected chi connectivity index (χ0v) is 20.5. The van der Waals surface area contributed by atoms with Crippen LogP contribution in [0.5, 0.6) is 5.75 Å². The van der Waals surface area contributed by atoms with Crippen LogP contribution in [0.25, 0.3) is 0 Å². The minimum atomic E-state index is -0.709. The molecule has 7 atom stereocenters. The average molecular weight is 495 g/mol. The number of hydrogen-bond acceptors (Lipinski definition) is 8. The summed E-state index contributed by atoms with van der Waals surface area (Å²) in [5, 5.41) is 0. The Balaban J connectivity index is 1.14. The second kappa shape index (κ2) is 8.57. The van der Waals surface area contributed by atoms with E-state index in [1.807, 2.05) is 44.2 Å². The van der Waals surface area contributed by atoms with Crippen molar-refractivity contribution >= 4 is 11.9 Å². The van der Waals surface area contributed by atoms with Crippen LogP contribution in [-0.4, -0.2) is 54.3 Å². The molecule has 0 bridgehead atoms. The Hall–Kier alpha value is -2.94. The van der Waals surface area contributed by atoms with Crippen LogP contribution < -0.4 is 4.74 Å². The molecule has 2 saturated heterocycles. The third kappa shape index (κ3) is 4.07. The van der Waals surface area contributed by atoms with Crippen molar-refractivity contribution in [1.29, 1.82) is 0 Å². The molecule has 2 saturated carbocycles. The Morgan fingerprint density at radius 1 is 1.00 bits per heavy atom. The van der Waals surface area contributed by atoms with Crippen LogP contribution >= 0.6 is 0 Å². The summed E-state index contributed by atoms with van der Waals surface area (Å²) in [5.74, 6) is -0.896. The summed E-state index contributed by atoms with van der Waals surface area (Å²) < 4.78 is 35.7. The Kier molecular flexibility index (Phi) is 5.59. The molecule has 36 heavy (non-hydrogen) atoms. The van der Waals surface area contributed by atoms with Crippen molar-refractivity contribution in [2.24, 2.45) is 11.8 Å². The second-order valence-electron chi connectivity index (χ2n) is 10.5. The first kappa shape index (κ1) is 23.5. The second-order valence-corrected chi connectivity index (χ2v) is 10.5. The van der Waals surface area contributed by atoms with E-state index in [9.17, 15) is 9.59 Å². The van der Waals surface area contributed by atoms with Gasteiger partial charge in [-0.2, -0.15) is 0 Å². The van der Waals surface area contributed by atoms with Gasteiger partial charge in [0.1, 0.15) is 36.8 Å². The van der Waals surface area contributed by atoms with Gasteiger partial charge in [0.25, 0.3) is 0 Å². The zero-order valence-electron chi connectivity index (χ0n) is 20.5. The highest BCUT2D eigenvalue weighted by atomic mass is 16.8. The topological polar surface area (TPSA) is 92.8 Å². The van der Waals surface area contributed by atoms with Gasteiger partial charge in [0, 0.05) is 18.8 Å². The molecule has 8 nitrogen and oxygen atoms in total. The molecular weight excluding hydrogens is 464 g/mol. The maximum atomic E-state index is 13.1. The van der Waals surface area contributed by atoms with E-state index < -0.39 is 23.5 Å². The van der Waals surface area contributed by atoms with E-state index >= 15 is 0 Å². The van der Waals surface area contributed by atoms with Gasteiger partial charge in [0.15, 0.2) is 5.79 Å². The minimum Gasteiger partial charge on any atom is -0.489 e. The predicted octanol–water partition coefficient (Wildman–Crippen LogP) is 3.66. The van der Waals surface area contributed by atoms with Crippen LogP contribution in [-0.2, 0) is 35.1 Å². The van der Waals surface area contributed by atoms with E-state index in [0.717, 1.165) is 5.56 Å². The third-order valence-corrected chi connectivity index (χ3v) is 7.68. The van der Waals surface area contributed by atoms with Gasteiger partial charge in [-0.15, -0.1) is 0 Å². The van der Waals surface area contributed by atoms with Gasteiger partial charge >= 0.3 is 11.9 Å². The van der Waals surface area contributed by atoms with E-state index in [2.05, 4.69) is 0 Å². The minimum absolute atomic E-state index is 0.00263. The zero-order chi connectivity index (χ0) is 25.1. The van der Waals surface area contributed by atoms with Gasteiger partial charge in [-0.1, -0.05) is 30.3 Å². The Bertz CT molecular complexity index is 1150. The quantitative estimate of drug-likeness (QED) is 0.425. The summed E-state index contributed by atoms with van der Waals surface area (Å²) in [6, 6.07) is 16.8. The monoisotopic (exact) mass is 494 g/mol. The summed E-state index contributed by atoms with van der Waals surface area (Å²) >= 11 is 0. The number of epoxide rings is 1. The predicted molar refractivity (Wildman–Crippen MR) is 126 cm³/mol. The number of hydrogen-bond donors (Lipinski definition) is 0. The molecule has 4 fully saturated rings. The van der Waals surface area contributed by atoms with Crippen molar-refractivity contribution in [2.75, 3.05) is 6.61 Å². The molecule has 0 unspecified atom stereocenters. The van der Waals surface area contributed by atoms with E-state index in [-0.39, 0.29) is 42.7 Å². The first-order chi connectivity index (χ1) is 17.3. The molecule has 0 amide bonds. The van der Waals surface area contributed by atoms with Crippen LogP contribution in [0.15, 0.2) is 54.6 Å². The summed E-state index contributed by atoms with van der Waals surface area (Å²) in [5.41, 5.74) is 0.791. The van der Waals surface area contributed by atoms with Gasteiger partial charge in [-0.3, -0.25) is 4.79 Å². The number of rotatable bonds is 7. The van der Waals surface area contributed by atoms with Crippen molar-refractivity contribution in [1.82, 2.24) is 0 Å². The van der Waals surface area contributed by atoms with Gasteiger partial charge in [0.2, 0.25) is 0 Å². The molecule has 2 aromatic rings. The molecule has 6 rings (SSSR count). The molecular formula is C28H30O8. The summed E-state index contributed by atoms with van der Waals surface area (Å²) in [6.45, 7) is 5.72. The lowest BCUT2D eigenvalue weighted by molar-refractivity contribution is -0.170. The van der Waals surface area contributed by atoms with Gasteiger partial charge in [0.05, 0.1) is 17.8 Å². The molecule has 8 heteroatoms. The first-order valence-corrected chi connectivity index (χ1v) is 12.4. The number of benzene rings is 2. The fourth-order valence-corrected chi connectivity index (χ4v) is 6.22. The van der Waals surface area contributed by atoms with Crippen molar-refractivity contribution in [3.63, 3.8) is 0 Å². The first-order valence-electron chi connectivity index (χ1n) is 12.4. The van der Waals surface area contributed by atoms with Crippen molar-refractivity contribution in [3.8, 4) is 5.75 Å². The molecule has 0 radical (unpaired) electrons. The molecule has 0 N–H and O–H groups in total. The SMILES string of the molecule is CC(=O)OC[C@]12O[C@H]1[C@@H](OC(=O)c1ccc(OCc3ccccc3)cc1)[C@@H]1C[C@H]3OC(C)(C)O[C@H]3[C@@H]12. The average Bonchev–Trinajstić information content (AvgIpc) is 3.24. The van der Waals surface area contributed by atoms with E-state index in [1.165, 1.54) is 6.92 Å². The smallest absolute Gasteiger partial charge is 0.338 e. The summed E-state index contributed by atoms with van der Waals surface area (Å²) in [4.78, 5) is 24.7. The molecule has 2 aliphatic heterocycles. The van der Waals surface area contributed by atoms with Crippen LogP contribution in [0, 0.1) is 11.8 Å². The van der Waals surface area contributed by atoms with Gasteiger partial charge in [-0.25, -0.2) is 4.79 Å². The molecule has 0 spiro atoms. The maximum absolute atomic E-state index is 13.1. The lowest BCUT2D eigenvalue weighted by atomic mass is 9.89. The Morgan fingerprint density at radius 3 is 2.47 bits per heavy atom. The lowest BCUT2D eigenvalue weighted by Gasteiger charge is -2.29. The highest BCUT2D eigenvalue weighted by Gasteiger charge is 2.80. The highest BCUT2D eigenvalue weighted by molar-refractivity contribution is 5.89. The van der Waals surface area contributed by atoms with Crippen LogP contribution in [0.2, 0.25) is 0 Å². The van der Waals surface area contributed by atoms with E-state index in [1.54, 1.807) is 24.3 Å². The maximum Gasteiger partial charge on any atom is 0.338 e. The lowest BCUT2D eigenvalue weighted by Crippen LogP contribution is -2.39. The number of fused-ring (bicyclic) bond motifs is 5. The summed E-state index contributed by atoms with van der Waals surface area (Å²) in [7, 11) is 0. The number of carbonyl (C=O) groups is 2. The van der Waals surface area contributed by atoms with Crippen molar-refractivity contribution in [2.45, 2.75) is 69.6 Å². The molecule has 2 aliphatic carbocycles. The van der Waals surface area contributed by atoms with Crippen LogP contribution in [0.3, 0.4) is 0 Å². The molecule has 2 aromatic carbocycles. The van der Waals surface area contributed by atoms with Crippen LogP contribution in [0.1, 0.15) is 43.1 Å². The number of esters is 2. The van der Waals surface area contributed by atoms with Crippen molar-refractivity contribution in [3.05, 3.63) is 65.7 Å². The Labute approximate surface area is 209 Å².